The second kappa shape index (κ2) is 9.34. The lowest BCUT2D eigenvalue weighted by Gasteiger charge is -2.25. The summed E-state index contributed by atoms with van der Waals surface area (Å²) in [4.78, 5) is 16.8. The number of amides is 1. The van der Waals surface area contributed by atoms with E-state index in [1.807, 2.05) is 5.32 Å². The van der Waals surface area contributed by atoms with Crippen molar-refractivity contribution in [3.05, 3.63) is 72.0 Å². The quantitative estimate of drug-likeness (QED) is 0.480. The first-order valence-electron chi connectivity index (χ1n) is 9.16. The van der Waals surface area contributed by atoms with Crippen LogP contribution < -0.4 is 5.32 Å². The standard InChI is InChI=1S/C21H16ClF3N2O4S2/c1-20(29,21(23,24)25)19(28)27-16-7-6-14(12-15(16)22)33(30,31)18-5-3-2-4-17(18)32-13-8-10-26-11-9-13/h2-12,29H,1H3,(H,27,28)/t20-/m1/s1. The van der Waals surface area contributed by atoms with Crippen molar-refractivity contribution < 1.29 is 31.5 Å². The summed E-state index contributed by atoms with van der Waals surface area (Å²) >= 11 is 7.26. The fraction of sp³-hybridized carbons (Fsp3) is 0.143. The van der Waals surface area contributed by atoms with Crippen molar-refractivity contribution in [3.8, 4) is 0 Å². The summed E-state index contributed by atoms with van der Waals surface area (Å²) in [6.07, 6.45) is -2.08. The molecule has 0 radical (unpaired) electrons. The maximum atomic E-state index is 13.3. The van der Waals surface area contributed by atoms with E-state index in [0.29, 0.717) is 11.8 Å². The number of rotatable bonds is 6. The monoisotopic (exact) mass is 516 g/mol. The predicted molar refractivity (Wildman–Crippen MR) is 117 cm³/mol. The summed E-state index contributed by atoms with van der Waals surface area (Å²) in [6, 6.07) is 12.9. The SMILES string of the molecule is C[C@@](O)(C(=O)Nc1ccc(S(=O)(=O)c2ccccc2Sc2ccncc2)cc1Cl)C(F)(F)F. The Kier molecular flexibility index (Phi) is 7.08. The first kappa shape index (κ1) is 25.0. The molecule has 0 aliphatic carbocycles. The van der Waals surface area contributed by atoms with Gasteiger partial charge in [-0.1, -0.05) is 35.5 Å². The van der Waals surface area contributed by atoms with Crippen LogP contribution in [-0.2, 0) is 14.6 Å². The highest BCUT2D eigenvalue weighted by atomic mass is 35.5. The van der Waals surface area contributed by atoms with Crippen LogP contribution in [0.5, 0.6) is 0 Å². The Morgan fingerprint density at radius 2 is 1.73 bits per heavy atom. The van der Waals surface area contributed by atoms with Crippen LogP contribution in [-0.4, -0.2) is 36.2 Å². The van der Waals surface area contributed by atoms with Gasteiger partial charge in [0.1, 0.15) is 0 Å². The van der Waals surface area contributed by atoms with Crippen molar-refractivity contribution in [1.82, 2.24) is 4.98 Å². The van der Waals surface area contributed by atoms with Crippen molar-refractivity contribution in [3.63, 3.8) is 0 Å². The lowest BCUT2D eigenvalue weighted by atomic mass is 10.1. The van der Waals surface area contributed by atoms with E-state index in [1.54, 1.807) is 42.7 Å². The Morgan fingerprint density at radius 1 is 1.09 bits per heavy atom. The molecular weight excluding hydrogens is 501 g/mol. The third kappa shape index (κ3) is 5.32. The molecule has 3 rings (SSSR count). The molecule has 1 amide bonds. The number of anilines is 1. The fourth-order valence-corrected chi connectivity index (χ4v) is 5.49. The molecule has 1 aromatic heterocycles. The van der Waals surface area contributed by atoms with E-state index in [9.17, 15) is 31.5 Å². The summed E-state index contributed by atoms with van der Waals surface area (Å²) in [7, 11) is -4.07. The van der Waals surface area contributed by atoms with Crippen LogP contribution in [0.2, 0.25) is 5.02 Å². The number of aromatic nitrogens is 1. The number of nitrogens with one attached hydrogen (secondary N) is 1. The van der Waals surface area contributed by atoms with Crippen LogP contribution in [0.15, 0.2) is 86.6 Å². The number of nitrogens with zero attached hydrogens (tertiary/aromatic N) is 1. The molecule has 0 aliphatic rings. The number of carbonyl (C=O) groups is 1. The number of alkyl halides is 3. The zero-order valence-electron chi connectivity index (χ0n) is 16.8. The van der Waals surface area contributed by atoms with Crippen LogP contribution in [0.25, 0.3) is 0 Å². The number of aliphatic hydroxyl groups is 1. The first-order valence-corrected chi connectivity index (χ1v) is 11.8. The molecule has 0 aliphatic heterocycles. The number of hydrogen-bond acceptors (Lipinski definition) is 6. The van der Waals surface area contributed by atoms with Gasteiger partial charge in [-0.2, -0.15) is 13.2 Å². The van der Waals surface area contributed by atoms with Crippen LogP contribution in [0, 0.1) is 0 Å². The van der Waals surface area contributed by atoms with Crippen molar-refractivity contribution in [1.29, 1.82) is 0 Å². The second-order valence-corrected chi connectivity index (χ2v) is 10.3. The second-order valence-electron chi connectivity index (χ2n) is 6.90. The first-order chi connectivity index (χ1) is 15.3. The molecule has 0 spiro atoms. The van der Waals surface area contributed by atoms with E-state index in [4.69, 9.17) is 11.6 Å². The Hall–Kier alpha value is -2.60. The topological polar surface area (TPSA) is 96.4 Å². The minimum atomic E-state index is -5.22. The maximum absolute atomic E-state index is 13.3. The van der Waals surface area contributed by atoms with E-state index < -0.39 is 27.5 Å². The number of sulfone groups is 1. The van der Waals surface area contributed by atoms with Crippen LogP contribution >= 0.6 is 23.4 Å². The molecule has 0 bridgehead atoms. The van der Waals surface area contributed by atoms with Gasteiger partial charge in [-0.05, 0) is 49.4 Å². The molecule has 33 heavy (non-hydrogen) atoms. The van der Waals surface area contributed by atoms with Crippen LogP contribution in [0.4, 0.5) is 18.9 Å². The minimum absolute atomic E-state index is 0.000306. The third-order valence-corrected chi connectivity index (χ3v) is 7.84. The molecule has 6 nitrogen and oxygen atoms in total. The largest absolute Gasteiger partial charge is 0.426 e. The van der Waals surface area contributed by atoms with E-state index in [1.165, 1.54) is 17.8 Å². The highest BCUT2D eigenvalue weighted by Gasteiger charge is 2.55. The minimum Gasteiger partial charge on any atom is -0.373 e. The molecule has 0 fully saturated rings. The number of hydrogen-bond donors (Lipinski definition) is 2. The average Bonchev–Trinajstić information content (AvgIpc) is 2.75. The van der Waals surface area contributed by atoms with Gasteiger partial charge in [0, 0.05) is 22.2 Å². The molecule has 1 atom stereocenters. The summed E-state index contributed by atoms with van der Waals surface area (Å²) in [5, 5.41) is 11.0. The van der Waals surface area contributed by atoms with Gasteiger partial charge in [0.05, 0.1) is 20.5 Å². The Labute approximate surface area is 196 Å². The third-order valence-electron chi connectivity index (χ3n) is 4.51. The molecule has 1 heterocycles. The zero-order chi connectivity index (χ0) is 24.4. The van der Waals surface area contributed by atoms with Gasteiger partial charge < -0.3 is 10.4 Å². The van der Waals surface area contributed by atoms with Gasteiger partial charge >= 0.3 is 6.18 Å². The van der Waals surface area contributed by atoms with Crippen molar-refractivity contribution in [2.24, 2.45) is 0 Å². The fourth-order valence-electron chi connectivity index (χ4n) is 2.55. The van der Waals surface area contributed by atoms with Crippen molar-refractivity contribution in [2.45, 2.75) is 38.3 Å². The smallest absolute Gasteiger partial charge is 0.373 e. The lowest BCUT2D eigenvalue weighted by Crippen LogP contribution is -2.52. The molecule has 174 valence electrons. The molecule has 3 aromatic rings. The van der Waals surface area contributed by atoms with E-state index in [0.717, 1.165) is 23.1 Å². The molecular formula is C21H16ClF3N2O4S2. The van der Waals surface area contributed by atoms with Gasteiger partial charge in [0.15, 0.2) is 0 Å². The Morgan fingerprint density at radius 3 is 2.33 bits per heavy atom. The highest BCUT2D eigenvalue weighted by molar-refractivity contribution is 8.00. The number of benzene rings is 2. The Bertz CT molecular complexity index is 1280. The molecule has 0 unspecified atom stereocenters. The number of carbonyl (C=O) groups excluding carboxylic acids is 1. The summed E-state index contributed by atoms with van der Waals surface area (Å²) < 4.78 is 65.1. The maximum Gasteiger partial charge on any atom is 0.426 e. The number of pyridine rings is 1. The van der Waals surface area contributed by atoms with Gasteiger partial charge in [-0.15, -0.1) is 0 Å². The highest BCUT2D eigenvalue weighted by Crippen LogP contribution is 2.37. The molecule has 2 aromatic carbocycles. The van der Waals surface area contributed by atoms with Gasteiger partial charge in [0.2, 0.25) is 15.4 Å². The average molecular weight is 517 g/mol. The van der Waals surface area contributed by atoms with E-state index in [2.05, 4.69) is 4.98 Å². The predicted octanol–water partition coefficient (Wildman–Crippen LogP) is 4.97. The molecule has 2 N–H and O–H groups in total. The zero-order valence-corrected chi connectivity index (χ0v) is 19.2. The van der Waals surface area contributed by atoms with E-state index >= 15 is 0 Å². The van der Waals surface area contributed by atoms with Gasteiger partial charge in [-0.25, -0.2) is 8.42 Å². The normalized spacial score (nSPS) is 13.9. The lowest BCUT2D eigenvalue weighted by molar-refractivity contribution is -0.242. The van der Waals surface area contributed by atoms with Gasteiger partial charge in [0.25, 0.3) is 5.91 Å². The van der Waals surface area contributed by atoms with E-state index in [-0.39, 0.29) is 20.5 Å². The Balaban J connectivity index is 1.92. The summed E-state index contributed by atoms with van der Waals surface area (Å²) in [5.41, 5.74) is -3.95. The van der Waals surface area contributed by atoms with Crippen LogP contribution in [0.1, 0.15) is 6.92 Å². The van der Waals surface area contributed by atoms with Crippen LogP contribution in [0.3, 0.4) is 0 Å². The van der Waals surface area contributed by atoms with Crippen molar-refractivity contribution in [2.75, 3.05) is 5.32 Å². The summed E-state index contributed by atoms with van der Waals surface area (Å²) in [5.74, 6) is -1.76. The molecule has 0 saturated heterocycles. The molecule has 0 saturated carbocycles. The van der Waals surface area contributed by atoms with Crippen molar-refractivity contribution >= 4 is 44.8 Å². The van der Waals surface area contributed by atoms with Gasteiger partial charge in [-0.3, -0.25) is 9.78 Å². The summed E-state index contributed by atoms with van der Waals surface area (Å²) in [6.45, 7) is 0.298. The number of halogens is 4. The molecule has 12 heteroatoms.